The molecule has 0 radical (unpaired) electrons. The Morgan fingerprint density at radius 3 is 2.96 bits per heavy atom. The molecule has 0 saturated carbocycles. The van der Waals surface area contributed by atoms with E-state index < -0.39 is 0 Å². The summed E-state index contributed by atoms with van der Waals surface area (Å²) >= 11 is 0. The number of carbonyl (C=O) groups excluding carboxylic acids is 1. The number of aromatic amines is 1. The summed E-state index contributed by atoms with van der Waals surface area (Å²) in [5, 5.41) is 13.2. The Labute approximate surface area is 146 Å². The van der Waals surface area contributed by atoms with Crippen molar-refractivity contribution in [3.8, 4) is 11.5 Å². The second kappa shape index (κ2) is 8.03. The molecule has 2 aromatic rings. The topological polar surface area (TPSA) is 88.3 Å². The average Bonchev–Trinajstić information content (AvgIpc) is 2.99. The van der Waals surface area contributed by atoms with E-state index in [0.717, 1.165) is 24.2 Å². The highest BCUT2D eigenvalue weighted by molar-refractivity contribution is 6.04. The van der Waals surface area contributed by atoms with Crippen LogP contribution in [0.25, 0.3) is 0 Å². The summed E-state index contributed by atoms with van der Waals surface area (Å²) in [6.45, 7) is 3.97. The van der Waals surface area contributed by atoms with E-state index in [4.69, 9.17) is 9.47 Å². The van der Waals surface area contributed by atoms with Gasteiger partial charge < -0.3 is 20.1 Å². The molecule has 1 aliphatic rings. The van der Waals surface area contributed by atoms with Crippen LogP contribution in [-0.4, -0.2) is 36.4 Å². The smallest absolute Gasteiger partial charge is 0.276 e. The number of anilines is 1. The van der Waals surface area contributed by atoms with Crippen molar-refractivity contribution in [3.05, 3.63) is 35.2 Å². The van der Waals surface area contributed by atoms with Crippen molar-refractivity contribution < 1.29 is 14.3 Å². The van der Waals surface area contributed by atoms with E-state index in [-0.39, 0.29) is 18.3 Å². The van der Waals surface area contributed by atoms with Gasteiger partial charge in [-0.15, -0.1) is 12.4 Å². The molecule has 0 fully saturated rings. The number of ether oxygens (including phenoxy) is 2. The molecule has 0 spiro atoms. The van der Waals surface area contributed by atoms with Gasteiger partial charge in [0.25, 0.3) is 5.91 Å². The zero-order valence-corrected chi connectivity index (χ0v) is 14.5. The van der Waals surface area contributed by atoms with E-state index in [0.29, 0.717) is 36.0 Å². The number of amides is 1. The van der Waals surface area contributed by atoms with Crippen molar-refractivity contribution in [1.82, 2.24) is 15.5 Å². The largest absolute Gasteiger partial charge is 0.493 e. The van der Waals surface area contributed by atoms with Crippen molar-refractivity contribution >= 4 is 24.0 Å². The number of fused-ring (bicyclic) bond motifs is 1. The molecule has 3 N–H and O–H groups in total. The highest BCUT2D eigenvalue weighted by atomic mass is 35.5. The molecule has 2 heterocycles. The summed E-state index contributed by atoms with van der Waals surface area (Å²) in [5.74, 6) is 0.989. The van der Waals surface area contributed by atoms with Crippen LogP contribution in [0.5, 0.6) is 11.5 Å². The Morgan fingerprint density at radius 1 is 1.38 bits per heavy atom. The first-order valence-electron chi connectivity index (χ1n) is 7.62. The molecule has 1 aromatic heterocycles. The maximum Gasteiger partial charge on any atom is 0.276 e. The minimum atomic E-state index is -0.237. The number of nitrogens with one attached hydrogen (secondary N) is 3. The average molecular weight is 353 g/mol. The molecule has 8 heteroatoms. The Morgan fingerprint density at radius 2 is 2.21 bits per heavy atom. The molecule has 1 aromatic carbocycles. The minimum absolute atomic E-state index is 0. The molecule has 3 rings (SSSR count). The predicted octanol–water partition coefficient (Wildman–Crippen LogP) is 2.14. The summed E-state index contributed by atoms with van der Waals surface area (Å²) in [6.07, 6.45) is 0.854. The lowest BCUT2D eigenvalue weighted by Gasteiger charge is -2.14. The number of halogens is 1. The minimum Gasteiger partial charge on any atom is -0.493 e. The summed E-state index contributed by atoms with van der Waals surface area (Å²) in [6, 6.07) is 5.29. The van der Waals surface area contributed by atoms with Gasteiger partial charge >= 0.3 is 0 Å². The van der Waals surface area contributed by atoms with E-state index in [1.165, 1.54) is 0 Å². The van der Waals surface area contributed by atoms with Crippen LogP contribution in [0.4, 0.5) is 5.69 Å². The summed E-state index contributed by atoms with van der Waals surface area (Å²) in [7, 11) is 1.58. The van der Waals surface area contributed by atoms with Crippen molar-refractivity contribution in [2.45, 2.75) is 19.9 Å². The first-order chi connectivity index (χ1) is 11.2. The van der Waals surface area contributed by atoms with Crippen LogP contribution < -0.4 is 20.1 Å². The molecule has 0 atom stereocenters. The standard InChI is InChI=1S/C16H20N4O3.ClH/c1-3-23-14-8-10(4-5-13(14)22-2)18-16(21)15-11-9-17-7-6-12(11)19-20-15;/h4-5,8,17H,3,6-7,9H2,1-2H3,(H,18,21)(H,19,20);1H. The maximum absolute atomic E-state index is 12.5. The highest BCUT2D eigenvalue weighted by Crippen LogP contribution is 2.30. The zero-order chi connectivity index (χ0) is 16.2. The van der Waals surface area contributed by atoms with Gasteiger partial charge in [0.15, 0.2) is 17.2 Å². The normalized spacial score (nSPS) is 12.8. The number of H-pyrrole nitrogens is 1. The lowest BCUT2D eigenvalue weighted by atomic mass is 10.1. The molecule has 0 aliphatic carbocycles. The molecular weight excluding hydrogens is 332 g/mol. The van der Waals surface area contributed by atoms with Gasteiger partial charge in [-0.1, -0.05) is 0 Å². The SMILES string of the molecule is CCOc1cc(NC(=O)c2n[nH]c3c2CNCC3)ccc1OC.Cl. The Balaban J connectivity index is 0.00000208. The van der Waals surface area contributed by atoms with Gasteiger partial charge in [-0.2, -0.15) is 5.10 Å². The summed E-state index contributed by atoms with van der Waals surface area (Å²) in [5.41, 5.74) is 3.03. The zero-order valence-electron chi connectivity index (χ0n) is 13.6. The molecule has 7 nitrogen and oxygen atoms in total. The third-order valence-corrected chi connectivity index (χ3v) is 3.74. The monoisotopic (exact) mass is 352 g/mol. The quantitative estimate of drug-likeness (QED) is 0.767. The van der Waals surface area contributed by atoms with E-state index in [2.05, 4.69) is 20.8 Å². The molecule has 1 amide bonds. The number of carbonyl (C=O) groups is 1. The molecule has 0 bridgehead atoms. The van der Waals surface area contributed by atoms with Crippen LogP contribution in [0, 0.1) is 0 Å². The van der Waals surface area contributed by atoms with Gasteiger partial charge in [-0.3, -0.25) is 9.89 Å². The van der Waals surface area contributed by atoms with E-state index in [9.17, 15) is 4.79 Å². The van der Waals surface area contributed by atoms with E-state index in [1.54, 1.807) is 25.3 Å². The lowest BCUT2D eigenvalue weighted by molar-refractivity contribution is 0.102. The number of rotatable bonds is 5. The van der Waals surface area contributed by atoms with E-state index in [1.807, 2.05) is 6.92 Å². The predicted molar refractivity (Wildman–Crippen MR) is 93.4 cm³/mol. The van der Waals surface area contributed by atoms with Crippen molar-refractivity contribution in [2.75, 3.05) is 25.6 Å². The summed E-state index contributed by atoms with van der Waals surface area (Å²) in [4.78, 5) is 12.5. The van der Waals surface area contributed by atoms with Crippen molar-refractivity contribution in [3.63, 3.8) is 0 Å². The molecule has 0 saturated heterocycles. The van der Waals surface area contributed by atoms with Gasteiger partial charge in [-0.05, 0) is 19.1 Å². The fraction of sp³-hybridized carbons (Fsp3) is 0.375. The molecule has 0 unspecified atom stereocenters. The van der Waals surface area contributed by atoms with Crippen LogP contribution in [0.2, 0.25) is 0 Å². The fourth-order valence-electron chi connectivity index (χ4n) is 2.63. The van der Waals surface area contributed by atoms with Crippen LogP contribution in [0.3, 0.4) is 0 Å². The molecule has 1 aliphatic heterocycles. The number of hydrogen-bond acceptors (Lipinski definition) is 5. The van der Waals surface area contributed by atoms with Crippen LogP contribution in [0.15, 0.2) is 18.2 Å². The Bertz CT molecular complexity index is 717. The Hall–Kier alpha value is -2.25. The third kappa shape index (κ3) is 3.63. The fourth-order valence-corrected chi connectivity index (χ4v) is 2.63. The van der Waals surface area contributed by atoms with E-state index >= 15 is 0 Å². The molecule has 130 valence electrons. The van der Waals surface area contributed by atoms with Crippen molar-refractivity contribution in [1.29, 1.82) is 0 Å². The van der Waals surface area contributed by atoms with Gasteiger partial charge in [0.1, 0.15) is 0 Å². The highest BCUT2D eigenvalue weighted by Gasteiger charge is 2.21. The Kier molecular flexibility index (Phi) is 6.05. The van der Waals surface area contributed by atoms with Gasteiger partial charge in [0.2, 0.25) is 0 Å². The van der Waals surface area contributed by atoms with Gasteiger partial charge in [-0.25, -0.2) is 0 Å². The first kappa shape index (κ1) is 18.1. The maximum atomic E-state index is 12.5. The second-order valence-electron chi connectivity index (χ2n) is 5.21. The molecule has 24 heavy (non-hydrogen) atoms. The molecular formula is C16H21ClN4O3. The number of hydrogen-bond donors (Lipinski definition) is 3. The summed E-state index contributed by atoms with van der Waals surface area (Å²) < 4.78 is 10.8. The number of nitrogens with zero attached hydrogens (tertiary/aromatic N) is 1. The first-order valence-corrected chi connectivity index (χ1v) is 7.62. The lowest BCUT2D eigenvalue weighted by Crippen LogP contribution is -2.25. The third-order valence-electron chi connectivity index (χ3n) is 3.74. The van der Waals surface area contributed by atoms with Crippen LogP contribution in [0.1, 0.15) is 28.7 Å². The van der Waals surface area contributed by atoms with Crippen LogP contribution >= 0.6 is 12.4 Å². The number of methoxy groups -OCH3 is 1. The second-order valence-corrected chi connectivity index (χ2v) is 5.21. The number of aromatic nitrogens is 2. The number of benzene rings is 1. The van der Waals surface area contributed by atoms with Gasteiger partial charge in [0, 0.05) is 42.5 Å². The van der Waals surface area contributed by atoms with Crippen molar-refractivity contribution in [2.24, 2.45) is 0 Å². The van der Waals surface area contributed by atoms with Gasteiger partial charge in [0.05, 0.1) is 13.7 Å². The van der Waals surface area contributed by atoms with Crippen LogP contribution in [-0.2, 0) is 13.0 Å².